The smallest absolute Gasteiger partial charge is 0.264 e. The lowest BCUT2D eigenvalue weighted by Crippen LogP contribution is -2.22. The molecule has 0 aromatic heterocycles. The van der Waals surface area contributed by atoms with Crippen molar-refractivity contribution in [3.05, 3.63) is 12.2 Å². The molecule has 0 aliphatic rings. The van der Waals surface area contributed by atoms with Gasteiger partial charge in [-0.1, -0.05) is 64.4 Å². The molecule has 142 valence electrons. The number of nitrogens with one attached hydrogen (secondary N) is 1. The lowest BCUT2D eigenvalue weighted by Gasteiger charge is -2.02. The molecule has 0 spiro atoms. The molecule has 0 radical (unpaired) electrons. The minimum Gasteiger partial charge on any atom is -0.353 e. The molecule has 6 heteroatoms. The minimum atomic E-state index is -3.89. The highest BCUT2D eigenvalue weighted by molar-refractivity contribution is 7.85. The van der Waals surface area contributed by atoms with Gasteiger partial charge in [0.05, 0.1) is 5.75 Å². The average molecular weight is 362 g/mol. The molecule has 0 atom stereocenters. The van der Waals surface area contributed by atoms with Gasteiger partial charge in [-0.3, -0.25) is 9.35 Å². The largest absolute Gasteiger partial charge is 0.353 e. The van der Waals surface area contributed by atoms with Crippen LogP contribution in [0.4, 0.5) is 0 Å². The predicted molar refractivity (Wildman–Crippen MR) is 99.6 cm³/mol. The van der Waals surface area contributed by atoms with Gasteiger partial charge in [0.1, 0.15) is 0 Å². The second kappa shape index (κ2) is 15.6. The Bertz CT molecular complexity index is 432. The molecular formula is C18H35NO4S. The summed E-state index contributed by atoms with van der Waals surface area (Å²) in [5.74, 6) is -0.394. The first kappa shape index (κ1) is 23.1. The van der Waals surface area contributed by atoms with Crippen molar-refractivity contribution in [3.63, 3.8) is 0 Å². The maximum atomic E-state index is 11.5. The van der Waals surface area contributed by atoms with E-state index in [1.807, 2.05) is 6.08 Å². The van der Waals surface area contributed by atoms with E-state index in [1.54, 1.807) is 6.08 Å². The Balaban J connectivity index is 3.36. The molecule has 0 rings (SSSR count). The molecule has 0 saturated heterocycles. The van der Waals surface area contributed by atoms with Gasteiger partial charge in [0.25, 0.3) is 10.1 Å². The van der Waals surface area contributed by atoms with Crippen molar-refractivity contribution in [2.45, 2.75) is 84.0 Å². The summed E-state index contributed by atoms with van der Waals surface area (Å²) in [5, 5.41) is 2.70. The van der Waals surface area contributed by atoms with Gasteiger partial charge in [-0.2, -0.15) is 8.42 Å². The second-order valence-electron chi connectivity index (χ2n) is 6.30. The monoisotopic (exact) mass is 361 g/mol. The van der Waals surface area contributed by atoms with E-state index in [-0.39, 0.29) is 11.7 Å². The summed E-state index contributed by atoms with van der Waals surface area (Å²) in [4.78, 5) is 11.5. The van der Waals surface area contributed by atoms with Crippen LogP contribution in [0.1, 0.15) is 84.0 Å². The fraction of sp³-hybridized carbons (Fsp3) is 0.833. The van der Waals surface area contributed by atoms with Gasteiger partial charge < -0.3 is 5.32 Å². The number of unbranched alkanes of at least 4 members (excludes halogenated alkanes) is 10. The molecule has 5 nitrogen and oxygen atoms in total. The Hall–Kier alpha value is -0.880. The molecule has 0 aliphatic carbocycles. The molecule has 0 aromatic carbocycles. The molecule has 0 fully saturated rings. The normalized spacial score (nSPS) is 11.9. The van der Waals surface area contributed by atoms with E-state index in [0.717, 1.165) is 12.8 Å². The van der Waals surface area contributed by atoms with Crippen LogP contribution >= 0.6 is 0 Å². The fourth-order valence-corrected chi connectivity index (χ4v) is 3.01. The van der Waals surface area contributed by atoms with Crippen LogP contribution in [-0.4, -0.2) is 31.2 Å². The van der Waals surface area contributed by atoms with Crippen molar-refractivity contribution in [1.82, 2.24) is 5.32 Å². The zero-order chi connectivity index (χ0) is 18.1. The Labute approximate surface area is 148 Å². The minimum absolute atomic E-state index is 0.141. The van der Waals surface area contributed by atoms with E-state index in [2.05, 4.69) is 12.2 Å². The molecule has 1 amide bonds. The zero-order valence-electron chi connectivity index (χ0n) is 15.1. The van der Waals surface area contributed by atoms with Crippen molar-refractivity contribution in [3.8, 4) is 0 Å². The number of carbonyl (C=O) groups excluding carboxylic acids is 1. The number of allylic oxidation sites excluding steroid dienone is 1. The lowest BCUT2D eigenvalue weighted by molar-refractivity contribution is -0.116. The number of carbonyl (C=O) groups is 1. The predicted octanol–water partition coefficient (Wildman–Crippen LogP) is 4.25. The van der Waals surface area contributed by atoms with E-state index >= 15 is 0 Å². The summed E-state index contributed by atoms with van der Waals surface area (Å²) < 4.78 is 29.6. The third-order valence-corrected chi connectivity index (χ3v) is 4.68. The number of amides is 1. The van der Waals surface area contributed by atoms with E-state index < -0.39 is 10.1 Å². The first-order valence-corrected chi connectivity index (χ1v) is 11.0. The molecular weight excluding hydrogens is 326 g/mol. The molecule has 2 N–H and O–H groups in total. The van der Waals surface area contributed by atoms with Crippen LogP contribution < -0.4 is 5.32 Å². The topological polar surface area (TPSA) is 83.5 Å². The van der Waals surface area contributed by atoms with Crippen LogP contribution in [0.2, 0.25) is 0 Å². The second-order valence-corrected chi connectivity index (χ2v) is 7.88. The summed E-state index contributed by atoms with van der Waals surface area (Å²) in [6.45, 7) is 2.66. The molecule has 0 aliphatic heterocycles. The highest BCUT2D eigenvalue weighted by Gasteiger charge is 2.03. The summed E-state index contributed by atoms with van der Waals surface area (Å²) in [6, 6.07) is 0. The molecule has 0 saturated carbocycles. The van der Waals surface area contributed by atoms with Crippen molar-refractivity contribution in [1.29, 1.82) is 0 Å². The van der Waals surface area contributed by atoms with Crippen molar-refractivity contribution in [2.75, 3.05) is 12.3 Å². The Kier molecular flexibility index (Phi) is 15.1. The maximum Gasteiger partial charge on any atom is 0.264 e. The first-order valence-electron chi connectivity index (χ1n) is 9.35. The Morgan fingerprint density at radius 2 is 1.50 bits per heavy atom. The van der Waals surface area contributed by atoms with Gasteiger partial charge in [0.15, 0.2) is 0 Å². The van der Waals surface area contributed by atoms with Gasteiger partial charge in [-0.15, -0.1) is 0 Å². The van der Waals surface area contributed by atoms with E-state index in [4.69, 9.17) is 4.55 Å². The lowest BCUT2D eigenvalue weighted by atomic mass is 10.1. The van der Waals surface area contributed by atoms with Crippen LogP contribution in [0.3, 0.4) is 0 Å². The molecule has 0 unspecified atom stereocenters. The molecule has 24 heavy (non-hydrogen) atoms. The van der Waals surface area contributed by atoms with Crippen molar-refractivity contribution < 1.29 is 17.8 Å². The number of hydrogen-bond donors (Lipinski definition) is 2. The van der Waals surface area contributed by atoms with Crippen molar-refractivity contribution in [2.24, 2.45) is 0 Å². The Morgan fingerprint density at radius 3 is 2.08 bits per heavy atom. The van der Waals surface area contributed by atoms with Gasteiger partial charge in [0.2, 0.25) is 5.91 Å². The van der Waals surface area contributed by atoms with E-state index in [0.29, 0.717) is 19.4 Å². The van der Waals surface area contributed by atoms with E-state index in [1.165, 1.54) is 51.4 Å². The average Bonchev–Trinajstić information content (AvgIpc) is 2.51. The van der Waals surface area contributed by atoms with Gasteiger partial charge in [0, 0.05) is 6.54 Å². The maximum absolute atomic E-state index is 11.5. The first-order chi connectivity index (χ1) is 11.5. The molecule has 0 aromatic rings. The SMILES string of the molecule is CCCCCCCCCCC/C=C/C(=O)NCCCCS(=O)(=O)O. The van der Waals surface area contributed by atoms with Gasteiger partial charge in [-0.05, 0) is 31.8 Å². The van der Waals surface area contributed by atoms with Crippen LogP contribution in [0.25, 0.3) is 0 Å². The van der Waals surface area contributed by atoms with E-state index in [9.17, 15) is 13.2 Å². The van der Waals surface area contributed by atoms with Crippen LogP contribution in [0, 0.1) is 0 Å². The highest BCUT2D eigenvalue weighted by atomic mass is 32.2. The van der Waals surface area contributed by atoms with Crippen molar-refractivity contribution >= 4 is 16.0 Å². The number of hydrogen-bond acceptors (Lipinski definition) is 3. The number of rotatable bonds is 16. The fourth-order valence-electron chi connectivity index (χ4n) is 2.44. The summed E-state index contributed by atoms with van der Waals surface area (Å²) in [6.07, 6.45) is 16.9. The quantitative estimate of drug-likeness (QED) is 0.244. The third-order valence-electron chi connectivity index (χ3n) is 3.87. The summed E-state index contributed by atoms with van der Waals surface area (Å²) in [5.41, 5.74) is 0. The van der Waals surface area contributed by atoms with Crippen LogP contribution in [0.15, 0.2) is 12.2 Å². The standard InChI is InChI=1S/C18H35NO4S/c1-2-3-4-5-6-7-8-9-10-11-12-15-18(20)19-16-13-14-17-24(21,22)23/h12,15H,2-11,13-14,16-17H2,1H3,(H,19,20)(H,21,22,23)/b15-12+. The van der Waals surface area contributed by atoms with Crippen LogP contribution in [-0.2, 0) is 14.9 Å². The zero-order valence-corrected chi connectivity index (χ0v) is 16.0. The summed E-state index contributed by atoms with van der Waals surface area (Å²) >= 11 is 0. The third kappa shape index (κ3) is 19.2. The van der Waals surface area contributed by atoms with Gasteiger partial charge in [-0.25, -0.2) is 0 Å². The summed E-state index contributed by atoms with van der Waals surface area (Å²) in [7, 11) is -3.89. The Morgan fingerprint density at radius 1 is 0.917 bits per heavy atom. The molecule has 0 heterocycles. The highest BCUT2D eigenvalue weighted by Crippen LogP contribution is 2.10. The van der Waals surface area contributed by atoms with Gasteiger partial charge >= 0.3 is 0 Å². The molecule has 0 bridgehead atoms. The van der Waals surface area contributed by atoms with Crippen LogP contribution in [0.5, 0.6) is 0 Å².